The molecule has 0 bridgehead atoms. The Kier molecular flexibility index (Phi) is 5.15. The minimum atomic E-state index is 0.103. The number of ketones is 1. The zero-order valence-electron chi connectivity index (χ0n) is 12.3. The van der Waals surface area contributed by atoms with E-state index in [0.29, 0.717) is 23.8 Å². The lowest BCUT2D eigenvalue weighted by molar-refractivity contribution is 0.0939. The molecule has 1 aromatic carbocycles. The summed E-state index contributed by atoms with van der Waals surface area (Å²) in [5, 5.41) is 8.97. The first kappa shape index (κ1) is 15.0. The van der Waals surface area contributed by atoms with E-state index in [1.54, 1.807) is 7.11 Å². The number of nitrogens with zero attached hydrogens (tertiary/aromatic N) is 1. The number of likely N-dealkylation sites (tertiary alicyclic amines) is 1. The lowest BCUT2D eigenvalue weighted by Gasteiger charge is -2.16. The Hall–Kier alpha value is -1.39. The fourth-order valence-electron chi connectivity index (χ4n) is 2.79. The zero-order valence-corrected chi connectivity index (χ0v) is 12.3. The topological polar surface area (TPSA) is 49.8 Å². The van der Waals surface area contributed by atoms with Gasteiger partial charge in [0.1, 0.15) is 5.75 Å². The summed E-state index contributed by atoms with van der Waals surface area (Å²) >= 11 is 0. The molecule has 0 aromatic heterocycles. The van der Waals surface area contributed by atoms with Crippen LogP contribution in [0.25, 0.3) is 0 Å². The van der Waals surface area contributed by atoms with Crippen LogP contribution in [0.3, 0.4) is 0 Å². The van der Waals surface area contributed by atoms with E-state index in [1.807, 2.05) is 25.1 Å². The number of benzene rings is 1. The second kappa shape index (κ2) is 6.86. The number of carbonyl (C=O) groups excluding carboxylic acids is 1. The van der Waals surface area contributed by atoms with Gasteiger partial charge in [-0.05, 0) is 49.9 Å². The van der Waals surface area contributed by atoms with Crippen LogP contribution in [0.4, 0.5) is 0 Å². The Bertz CT molecular complexity index is 473. The molecular formula is C16H23NO3. The van der Waals surface area contributed by atoms with Gasteiger partial charge in [-0.1, -0.05) is 6.07 Å². The highest BCUT2D eigenvalue weighted by molar-refractivity contribution is 6.00. The predicted octanol–water partition coefficient (Wildman–Crippen LogP) is 1.89. The van der Waals surface area contributed by atoms with Crippen molar-refractivity contribution in [2.24, 2.45) is 5.92 Å². The molecule has 1 aliphatic rings. The van der Waals surface area contributed by atoms with E-state index in [-0.39, 0.29) is 12.4 Å². The third-order valence-corrected chi connectivity index (χ3v) is 3.93. The van der Waals surface area contributed by atoms with E-state index in [2.05, 4.69) is 4.90 Å². The number of ether oxygens (including phenoxy) is 1. The van der Waals surface area contributed by atoms with Crippen molar-refractivity contribution in [1.82, 2.24) is 4.90 Å². The minimum absolute atomic E-state index is 0.103. The molecule has 1 heterocycles. The fraction of sp³-hybridized carbons (Fsp3) is 0.562. The number of hydrogen-bond acceptors (Lipinski definition) is 4. The van der Waals surface area contributed by atoms with Gasteiger partial charge in [-0.25, -0.2) is 0 Å². The van der Waals surface area contributed by atoms with Gasteiger partial charge in [-0.3, -0.25) is 9.69 Å². The van der Waals surface area contributed by atoms with Crippen LogP contribution in [-0.2, 0) is 0 Å². The molecule has 1 aromatic rings. The first-order chi connectivity index (χ1) is 9.63. The maximum atomic E-state index is 12.4. The van der Waals surface area contributed by atoms with E-state index in [0.717, 1.165) is 31.5 Å². The van der Waals surface area contributed by atoms with Crippen molar-refractivity contribution in [3.05, 3.63) is 29.3 Å². The van der Waals surface area contributed by atoms with Gasteiger partial charge in [-0.2, -0.15) is 0 Å². The summed E-state index contributed by atoms with van der Waals surface area (Å²) in [4.78, 5) is 14.6. The molecule has 1 atom stereocenters. The van der Waals surface area contributed by atoms with Crippen LogP contribution in [0.1, 0.15) is 28.8 Å². The lowest BCUT2D eigenvalue weighted by Crippen LogP contribution is -2.28. The van der Waals surface area contributed by atoms with Crippen LogP contribution in [0, 0.1) is 12.8 Å². The first-order valence-electron chi connectivity index (χ1n) is 7.15. The van der Waals surface area contributed by atoms with Gasteiger partial charge in [-0.15, -0.1) is 0 Å². The van der Waals surface area contributed by atoms with Crippen molar-refractivity contribution in [3.63, 3.8) is 0 Å². The molecule has 1 aliphatic heterocycles. The van der Waals surface area contributed by atoms with Crippen LogP contribution >= 0.6 is 0 Å². The molecule has 1 N–H and O–H groups in total. The standard InChI is InChI=1S/C16H23NO3/c1-12-3-4-14(16(9-12)20-2)15(19)11-17-7-5-13(10-17)6-8-18/h3-4,9,13,18H,5-8,10-11H2,1-2H3. The molecule has 1 fully saturated rings. The van der Waals surface area contributed by atoms with Gasteiger partial charge in [0.25, 0.3) is 0 Å². The van der Waals surface area contributed by atoms with Crippen LogP contribution < -0.4 is 4.74 Å². The van der Waals surface area contributed by atoms with Crippen molar-refractivity contribution in [1.29, 1.82) is 0 Å². The van der Waals surface area contributed by atoms with Crippen molar-refractivity contribution in [2.75, 3.05) is 33.4 Å². The molecule has 4 heteroatoms. The fourth-order valence-corrected chi connectivity index (χ4v) is 2.79. The van der Waals surface area contributed by atoms with Crippen LogP contribution in [0.5, 0.6) is 5.75 Å². The molecule has 0 radical (unpaired) electrons. The number of aliphatic hydroxyl groups is 1. The van der Waals surface area contributed by atoms with Crippen molar-refractivity contribution in [3.8, 4) is 5.75 Å². The van der Waals surface area contributed by atoms with Crippen LogP contribution in [-0.4, -0.2) is 49.1 Å². The second-order valence-electron chi connectivity index (χ2n) is 5.53. The molecule has 20 heavy (non-hydrogen) atoms. The Morgan fingerprint density at radius 2 is 2.30 bits per heavy atom. The number of carbonyl (C=O) groups is 1. The van der Waals surface area contributed by atoms with Gasteiger partial charge in [0.15, 0.2) is 5.78 Å². The number of aliphatic hydroxyl groups excluding tert-OH is 1. The molecule has 0 spiro atoms. The Morgan fingerprint density at radius 1 is 1.50 bits per heavy atom. The number of aryl methyl sites for hydroxylation is 1. The average molecular weight is 277 g/mol. The van der Waals surface area contributed by atoms with E-state index >= 15 is 0 Å². The monoisotopic (exact) mass is 277 g/mol. The summed E-state index contributed by atoms with van der Waals surface area (Å²) in [7, 11) is 1.60. The molecule has 0 aliphatic carbocycles. The van der Waals surface area contributed by atoms with E-state index < -0.39 is 0 Å². The quantitative estimate of drug-likeness (QED) is 0.807. The van der Waals surface area contributed by atoms with Gasteiger partial charge < -0.3 is 9.84 Å². The van der Waals surface area contributed by atoms with Crippen molar-refractivity contribution in [2.45, 2.75) is 19.8 Å². The molecular weight excluding hydrogens is 254 g/mol. The van der Waals surface area contributed by atoms with Gasteiger partial charge >= 0.3 is 0 Å². The molecule has 1 unspecified atom stereocenters. The summed E-state index contributed by atoms with van der Waals surface area (Å²) in [6, 6.07) is 5.68. The molecule has 0 amide bonds. The normalized spacial score (nSPS) is 19.2. The summed E-state index contributed by atoms with van der Waals surface area (Å²) in [6.45, 7) is 4.49. The summed E-state index contributed by atoms with van der Waals surface area (Å²) < 4.78 is 5.30. The Morgan fingerprint density at radius 3 is 3.00 bits per heavy atom. The average Bonchev–Trinajstić information content (AvgIpc) is 2.86. The van der Waals surface area contributed by atoms with Gasteiger partial charge in [0.05, 0.1) is 19.2 Å². The number of methoxy groups -OCH3 is 1. The minimum Gasteiger partial charge on any atom is -0.496 e. The SMILES string of the molecule is COc1cc(C)ccc1C(=O)CN1CCC(CCO)C1. The van der Waals surface area contributed by atoms with E-state index in [1.165, 1.54) is 0 Å². The van der Waals surface area contributed by atoms with Crippen molar-refractivity contribution >= 4 is 5.78 Å². The maximum absolute atomic E-state index is 12.4. The molecule has 1 saturated heterocycles. The third-order valence-electron chi connectivity index (χ3n) is 3.93. The molecule has 2 rings (SSSR count). The van der Waals surface area contributed by atoms with E-state index in [4.69, 9.17) is 9.84 Å². The zero-order chi connectivity index (χ0) is 14.5. The first-order valence-corrected chi connectivity index (χ1v) is 7.15. The summed E-state index contributed by atoms with van der Waals surface area (Å²) in [5.41, 5.74) is 1.74. The van der Waals surface area contributed by atoms with Crippen molar-refractivity contribution < 1.29 is 14.6 Å². The maximum Gasteiger partial charge on any atom is 0.180 e. The smallest absolute Gasteiger partial charge is 0.180 e. The largest absolute Gasteiger partial charge is 0.496 e. The van der Waals surface area contributed by atoms with Crippen LogP contribution in [0.15, 0.2) is 18.2 Å². The number of rotatable bonds is 6. The third kappa shape index (κ3) is 3.58. The Labute approximate surface area is 120 Å². The lowest BCUT2D eigenvalue weighted by atomic mass is 10.1. The molecule has 4 nitrogen and oxygen atoms in total. The van der Waals surface area contributed by atoms with Crippen LogP contribution in [0.2, 0.25) is 0 Å². The van der Waals surface area contributed by atoms with E-state index in [9.17, 15) is 4.79 Å². The van der Waals surface area contributed by atoms with Gasteiger partial charge in [0, 0.05) is 13.2 Å². The Balaban J connectivity index is 1.99. The summed E-state index contributed by atoms with van der Waals surface area (Å²) in [5.74, 6) is 1.28. The molecule has 110 valence electrons. The summed E-state index contributed by atoms with van der Waals surface area (Å²) in [6.07, 6.45) is 1.90. The molecule has 0 saturated carbocycles. The number of hydrogen-bond donors (Lipinski definition) is 1. The highest BCUT2D eigenvalue weighted by atomic mass is 16.5. The second-order valence-corrected chi connectivity index (χ2v) is 5.53. The number of Topliss-reactive ketones (excluding diaryl/α,β-unsaturated/α-hetero) is 1. The van der Waals surface area contributed by atoms with Gasteiger partial charge in [0.2, 0.25) is 0 Å². The predicted molar refractivity (Wildman–Crippen MR) is 78.3 cm³/mol. The highest BCUT2D eigenvalue weighted by Crippen LogP contribution is 2.23. The highest BCUT2D eigenvalue weighted by Gasteiger charge is 2.24.